The Balaban J connectivity index is 1.43. The summed E-state index contributed by atoms with van der Waals surface area (Å²) in [5.74, 6) is 1.42. The van der Waals surface area contributed by atoms with Gasteiger partial charge in [0.05, 0.1) is 6.61 Å². The molecule has 0 aliphatic carbocycles. The molecule has 1 saturated heterocycles. The van der Waals surface area contributed by atoms with Gasteiger partial charge in [0.2, 0.25) is 11.7 Å². The number of nitrogens with one attached hydrogen (secondary N) is 1. The van der Waals surface area contributed by atoms with E-state index in [2.05, 4.69) is 20.4 Å². The van der Waals surface area contributed by atoms with Crippen molar-refractivity contribution >= 4 is 6.03 Å². The van der Waals surface area contributed by atoms with Crippen LogP contribution in [0.25, 0.3) is 11.4 Å². The number of amides is 2. The van der Waals surface area contributed by atoms with Crippen LogP contribution in [-0.2, 0) is 11.3 Å². The third kappa shape index (κ3) is 5.51. The smallest absolute Gasteiger partial charge is 0.317 e. The summed E-state index contributed by atoms with van der Waals surface area (Å²) in [6.07, 6.45) is 1.10. The van der Waals surface area contributed by atoms with Crippen molar-refractivity contribution < 1.29 is 14.1 Å². The van der Waals surface area contributed by atoms with Gasteiger partial charge in [-0.05, 0) is 18.9 Å². The Kier molecular flexibility index (Phi) is 6.78. The lowest BCUT2D eigenvalue weighted by molar-refractivity contribution is 0.158. The Hall–Kier alpha value is -2.45. The van der Waals surface area contributed by atoms with E-state index in [9.17, 15) is 4.79 Å². The van der Waals surface area contributed by atoms with Crippen molar-refractivity contribution in [2.24, 2.45) is 5.92 Å². The standard InChI is InChI=1S/C19H27N5O3/c1-23(14-17-21-18(22-27-17)16-6-4-3-5-7-16)19(25)20-12-15-8-9-24(13-15)10-11-26-2/h3-7,15H,8-14H2,1-2H3,(H,20,25)/t15-/m0/s1. The van der Waals surface area contributed by atoms with Crippen molar-refractivity contribution in [2.75, 3.05) is 46.9 Å². The highest BCUT2D eigenvalue weighted by Crippen LogP contribution is 2.16. The first-order chi connectivity index (χ1) is 13.2. The van der Waals surface area contributed by atoms with Gasteiger partial charge < -0.3 is 24.4 Å². The van der Waals surface area contributed by atoms with Gasteiger partial charge in [0.1, 0.15) is 6.54 Å². The summed E-state index contributed by atoms with van der Waals surface area (Å²) < 4.78 is 10.4. The zero-order chi connectivity index (χ0) is 19.1. The van der Waals surface area contributed by atoms with Gasteiger partial charge in [0.15, 0.2) is 0 Å². The fourth-order valence-corrected chi connectivity index (χ4v) is 3.17. The first-order valence-electron chi connectivity index (χ1n) is 9.24. The number of carbonyl (C=O) groups excluding carboxylic acids is 1. The first kappa shape index (κ1) is 19.3. The summed E-state index contributed by atoms with van der Waals surface area (Å²) in [5.41, 5.74) is 0.888. The number of urea groups is 1. The number of likely N-dealkylation sites (tertiary alicyclic amines) is 1. The number of hydrogen-bond acceptors (Lipinski definition) is 6. The summed E-state index contributed by atoms with van der Waals surface area (Å²) >= 11 is 0. The van der Waals surface area contributed by atoms with E-state index in [-0.39, 0.29) is 12.6 Å². The van der Waals surface area contributed by atoms with Gasteiger partial charge in [-0.25, -0.2) is 4.79 Å². The van der Waals surface area contributed by atoms with Crippen molar-refractivity contribution in [1.82, 2.24) is 25.3 Å². The van der Waals surface area contributed by atoms with Crippen LogP contribution in [0.15, 0.2) is 34.9 Å². The molecule has 27 heavy (non-hydrogen) atoms. The second kappa shape index (κ2) is 9.48. The number of benzene rings is 1. The van der Waals surface area contributed by atoms with Crippen LogP contribution in [-0.4, -0.2) is 72.9 Å². The Morgan fingerprint density at radius 3 is 3.00 bits per heavy atom. The molecule has 1 aliphatic heterocycles. The fourth-order valence-electron chi connectivity index (χ4n) is 3.17. The van der Waals surface area contributed by atoms with Crippen molar-refractivity contribution in [2.45, 2.75) is 13.0 Å². The number of ether oxygens (including phenoxy) is 1. The summed E-state index contributed by atoms with van der Waals surface area (Å²) in [6, 6.07) is 9.48. The topological polar surface area (TPSA) is 83.7 Å². The van der Waals surface area contributed by atoms with Gasteiger partial charge >= 0.3 is 6.03 Å². The van der Waals surface area contributed by atoms with Gasteiger partial charge in [-0.2, -0.15) is 4.98 Å². The van der Waals surface area contributed by atoms with Crippen LogP contribution in [0.5, 0.6) is 0 Å². The number of hydrogen-bond donors (Lipinski definition) is 1. The largest absolute Gasteiger partial charge is 0.383 e. The minimum Gasteiger partial charge on any atom is -0.383 e. The van der Waals surface area contributed by atoms with Crippen LogP contribution in [0.3, 0.4) is 0 Å². The number of rotatable bonds is 8. The minimum atomic E-state index is -0.134. The summed E-state index contributed by atoms with van der Waals surface area (Å²) in [5, 5.41) is 6.98. The van der Waals surface area contributed by atoms with Gasteiger partial charge in [0.25, 0.3) is 0 Å². The molecule has 3 rings (SSSR count). The lowest BCUT2D eigenvalue weighted by Crippen LogP contribution is -2.39. The van der Waals surface area contributed by atoms with Gasteiger partial charge in [-0.1, -0.05) is 35.5 Å². The molecule has 0 radical (unpaired) electrons. The maximum absolute atomic E-state index is 12.3. The third-order valence-electron chi connectivity index (χ3n) is 4.74. The summed E-state index contributed by atoms with van der Waals surface area (Å²) in [6.45, 7) is 4.70. The van der Waals surface area contributed by atoms with E-state index in [4.69, 9.17) is 9.26 Å². The molecular formula is C19H27N5O3. The monoisotopic (exact) mass is 373 g/mol. The highest BCUT2D eigenvalue weighted by Gasteiger charge is 2.23. The molecule has 0 spiro atoms. The summed E-state index contributed by atoms with van der Waals surface area (Å²) in [7, 11) is 3.44. The molecule has 0 bridgehead atoms. The van der Waals surface area contributed by atoms with E-state index in [0.29, 0.717) is 24.2 Å². The van der Waals surface area contributed by atoms with Crippen LogP contribution < -0.4 is 5.32 Å². The number of carbonyl (C=O) groups is 1. The van der Waals surface area contributed by atoms with Crippen molar-refractivity contribution in [3.63, 3.8) is 0 Å². The van der Waals surface area contributed by atoms with E-state index < -0.39 is 0 Å². The van der Waals surface area contributed by atoms with Crippen molar-refractivity contribution in [1.29, 1.82) is 0 Å². The Morgan fingerprint density at radius 2 is 2.22 bits per heavy atom. The van der Waals surface area contributed by atoms with Crippen LogP contribution in [0.2, 0.25) is 0 Å². The molecule has 1 N–H and O–H groups in total. The van der Waals surface area contributed by atoms with E-state index >= 15 is 0 Å². The van der Waals surface area contributed by atoms with Gasteiger partial charge in [0, 0.05) is 39.4 Å². The number of methoxy groups -OCH3 is 1. The second-order valence-corrected chi connectivity index (χ2v) is 6.87. The summed E-state index contributed by atoms with van der Waals surface area (Å²) in [4.78, 5) is 20.6. The van der Waals surface area contributed by atoms with Crippen LogP contribution in [0.1, 0.15) is 12.3 Å². The Labute approximate surface area is 159 Å². The normalized spacial score (nSPS) is 17.2. The highest BCUT2D eigenvalue weighted by molar-refractivity contribution is 5.73. The molecule has 146 valence electrons. The molecular weight excluding hydrogens is 346 g/mol. The predicted molar refractivity (Wildman–Crippen MR) is 101 cm³/mol. The van der Waals surface area contributed by atoms with Crippen LogP contribution in [0.4, 0.5) is 4.79 Å². The van der Waals surface area contributed by atoms with E-state index in [1.165, 1.54) is 0 Å². The fraction of sp³-hybridized carbons (Fsp3) is 0.526. The molecule has 2 aromatic rings. The highest BCUT2D eigenvalue weighted by atomic mass is 16.5. The average Bonchev–Trinajstić information content (AvgIpc) is 3.34. The predicted octanol–water partition coefficient (Wildman–Crippen LogP) is 1.85. The molecule has 1 aromatic carbocycles. The first-order valence-corrected chi connectivity index (χ1v) is 9.24. The Morgan fingerprint density at radius 1 is 1.41 bits per heavy atom. The number of nitrogens with zero attached hydrogens (tertiary/aromatic N) is 4. The second-order valence-electron chi connectivity index (χ2n) is 6.87. The molecule has 1 atom stereocenters. The molecule has 8 heteroatoms. The SMILES string of the molecule is COCCN1CC[C@@H](CNC(=O)N(C)Cc2nc(-c3ccccc3)no2)C1. The van der Waals surface area contributed by atoms with E-state index in [1.807, 2.05) is 30.3 Å². The zero-order valence-electron chi connectivity index (χ0n) is 15.9. The molecule has 0 unspecified atom stereocenters. The molecule has 0 saturated carbocycles. The molecule has 8 nitrogen and oxygen atoms in total. The van der Waals surface area contributed by atoms with Crippen molar-refractivity contribution in [3.05, 3.63) is 36.2 Å². The van der Waals surface area contributed by atoms with E-state index in [0.717, 1.165) is 38.2 Å². The molecule has 2 amide bonds. The van der Waals surface area contributed by atoms with Crippen LogP contribution >= 0.6 is 0 Å². The Bertz CT molecular complexity index is 721. The van der Waals surface area contributed by atoms with Gasteiger partial charge in [-0.15, -0.1) is 0 Å². The molecule has 1 fully saturated rings. The molecule has 1 aromatic heterocycles. The molecule has 1 aliphatic rings. The minimum absolute atomic E-state index is 0.134. The maximum atomic E-state index is 12.3. The quantitative estimate of drug-likeness (QED) is 0.760. The van der Waals surface area contributed by atoms with E-state index in [1.54, 1.807) is 19.1 Å². The average molecular weight is 373 g/mol. The lowest BCUT2D eigenvalue weighted by atomic mass is 10.1. The third-order valence-corrected chi connectivity index (χ3v) is 4.74. The zero-order valence-corrected chi connectivity index (χ0v) is 15.9. The molecule has 2 heterocycles. The number of aromatic nitrogens is 2. The van der Waals surface area contributed by atoms with Crippen LogP contribution in [0, 0.1) is 5.92 Å². The maximum Gasteiger partial charge on any atom is 0.317 e. The lowest BCUT2D eigenvalue weighted by Gasteiger charge is -2.18. The van der Waals surface area contributed by atoms with Crippen molar-refractivity contribution in [3.8, 4) is 11.4 Å². The van der Waals surface area contributed by atoms with Gasteiger partial charge in [-0.3, -0.25) is 0 Å².